The van der Waals surface area contributed by atoms with Crippen LogP contribution in [0.4, 0.5) is 10.1 Å². The van der Waals surface area contributed by atoms with Gasteiger partial charge in [-0.2, -0.15) is 5.10 Å². The third kappa shape index (κ3) is 3.41. The maximum absolute atomic E-state index is 13.2. The summed E-state index contributed by atoms with van der Waals surface area (Å²) in [4.78, 5) is 16.4. The van der Waals surface area contributed by atoms with Gasteiger partial charge in [-0.3, -0.25) is 9.69 Å². The summed E-state index contributed by atoms with van der Waals surface area (Å²) >= 11 is 0. The number of rotatable bonds is 4. The largest absolute Gasteiger partial charge is 0.493 e. The van der Waals surface area contributed by atoms with Crippen molar-refractivity contribution in [1.29, 1.82) is 0 Å². The molecule has 1 aliphatic rings. The van der Waals surface area contributed by atoms with Crippen molar-refractivity contribution >= 4 is 5.69 Å². The molecule has 1 aliphatic heterocycles. The van der Waals surface area contributed by atoms with E-state index >= 15 is 0 Å². The molecule has 0 atom stereocenters. The first-order chi connectivity index (χ1) is 11.6. The summed E-state index contributed by atoms with van der Waals surface area (Å²) in [6, 6.07) is 4.90. The molecular formula is C17H21FN4O2. The fraction of sp³-hybridized carbons (Fsp3) is 0.412. The number of aromatic amines is 1. The molecular weight excluding hydrogens is 311 g/mol. The summed E-state index contributed by atoms with van der Waals surface area (Å²) < 4.78 is 18.5. The van der Waals surface area contributed by atoms with E-state index in [9.17, 15) is 9.18 Å². The van der Waals surface area contributed by atoms with Crippen LogP contribution < -0.4 is 15.2 Å². The molecule has 0 bridgehead atoms. The summed E-state index contributed by atoms with van der Waals surface area (Å²) in [5.74, 6) is 0.284. The van der Waals surface area contributed by atoms with Gasteiger partial charge < -0.3 is 9.64 Å². The Morgan fingerprint density at radius 3 is 2.71 bits per heavy atom. The van der Waals surface area contributed by atoms with Gasteiger partial charge in [-0.25, -0.2) is 9.49 Å². The molecule has 24 heavy (non-hydrogen) atoms. The maximum atomic E-state index is 13.2. The summed E-state index contributed by atoms with van der Waals surface area (Å²) in [5, 5.41) is 6.23. The lowest BCUT2D eigenvalue weighted by molar-refractivity contribution is 0.248. The molecule has 2 aromatic rings. The van der Waals surface area contributed by atoms with Crippen molar-refractivity contribution in [1.82, 2.24) is 15.1 Å². The fourth-order valence-corrected chi connectivity index (χ4v) is 3.03. The van der Waals surface area contributed by atoms with E-state index in [1.54, 1.807) is 6.07 Å². The number of aromatic nitrogens is 2. The first-order valence-corrected chi connectivity index (χ1v) is 7.92. The molecule has 6 nitrogen and oxygen atoms in total. The number of methoxy groups -OCH3 is 1. The molecule has 0 radical (unpaired) electrons. The average Bonchev–Trinajstić information content (AvgIpc) is 2.58. The second-order valence-electron chi connectivity index (χ2n) is 5.95. The molecule has 1 saturated heterocycles. The van der Waals surface area contributed by atoms with Gasteiger partial charge in [0.05, 0.1) is 13.3 Å². The van der Waals surface area contributed by atoms with Crippen molar-refractivity contribution in [2.75, 3.05) is 38.2 Å². The van der Waals surface area contributed by atoms with Crippen LogP contribution in [0.25, 0.3) is 0 Å². The van der Waals surface area contributed by atoms with Gasteiger partial charge in [0.1, 0.15) is 11.5 Å². The molecule has 1 N–H and O–H groups in total. The Morgan fingerprint density at radius 1 is 1.29 bits per heavy atom. The number of piperazine rings is 1. The molecule has 1 aromatic heterocycles. The lowest BCUT2D eigenvalue weighted by atomic mass is 10.1. The Labute approximate surface area is 139 Å². The summed E-state index contributed by atoms with van der Waals surface area (Å²) in [6.07, 6.45) is 1.52. The van der Waals surface area contributed by atoms with Crippen molar-refractivity contribution in [2.24, 2.45) is 0 Å². The minimum atomic E-state index is -0.239. The maximum Gasteiger partial charge on any atom is 0.291 e. The molecule has 2 heterocycles. The number of nitrogens with zero attached hydrogens (tertiary/aromatic N) is 3. The molecule has 0 amide bonds. The molecule has 0 saturated carbocycles. The number of benzene rings is 1. The Hall–Kier alpha value is -2.41. The number of H-pyrrole nitrogens is 1. The molecule has 0 spiro atoms. The van der Waals surface area contributed by atoms with E-state index in [1.165, 1.54) is 19.4 Å². The second-order valence-corrected chi connectivity index (χ2v) is 5.95. The van der Waals surface area contributed by atoms with E-state index in [1.807, 2.05) is 17.9 Å². The Morgan fingerprint density at radius 2 is 2.04 bits per heavy atom. The van der Waals surface area contributed by atoms with Gasteiger partial charge in [0.25, 0.3) is 5.56 Å². The Balaban J connectivity index is 1.67. The number of halogens is 1. The van der Waals surface area contributed by atoms with Gasteiger partial charge in [0.15, 0.2) is 5.75 Å². The summed E-state index contributed by atoms with van der Waals surface area (Å²) in [7, 11) is 1.54. The van der Waals surface area contributed by atoms with E-state index in [0.29, 0.717) is 11.4 Å². The predicted molar refractivity (Wildman–Crippen MR) is 90.0 cm³/mol. The third-order valence-electron chi connectivity index (χ3n) is 4.40. The van der Waals surface area contributed by atoms with E-state index in [-0.39, 0.29) is 11.4 Å². The van der Waals surface area contributed by atoms with E-state index in [2.05, 4.69) is 15.1 Å². The van der Waals surface area contributed by atoms with Crippen LogP contribution in [-0.4, -0.2) is 48.4 Å². The van der Waals surface area contributed by atoms with Crippen molar-refractivity contribution < 1.29 is 9.13 Å². The van der Waals surface area contributed by atoms with Crippen molar-refractivity contribution in [3.8, 4) is 5.75 Å². The number of hydrogen-bond donors (Lipinski definition) is 1. The lowest BCUT2D eigenvalue weighted by Gasteiger charge is -2.36. The number of hydrogen-bond acceptors (Lipinski definition) is 5. The zero-order valence-electron chi connectivity index (χ0n) is 13.9. The summed E-state index contributed by atoms with van der Waals surface area (Å²) in [6.45, 7) is 5.80. The number of aryl methyl sites for hydroxylation is 1. The molecule has 1 fully saturated rings. The fourth-order valence-electron chi connectivity index (χ4n) is 3.03. The smallest absolute Gasteiger partial charge is 0.291 e. The van der Waals surface area contributed by atoms with Gasteiger partial charge in [0.2, 0.25) is 0 Å². The van der Waals surface area contributed by atoms with Gasteiger partial charge >= 0.3 is 0 Å². The number of anilines is 1. The quantitative estimate of drug-likeness (QED) is 0.920. The lowest BCUT2D eigenvalue weighted by Crippen LogP contribution is -2.47. The third-order valence-corrected chi connectivity index (χ3v) is 4.40. The van der Waals surface area contributed by atoms with Gasteiger partial charge in [-0.15, -0.1) is 0 Å². The highest BCUT2D eigenvalue weighted by atomic mass is 19.1. The first-order valence-electron chi connectivity index (χ1n) is 7.92. The zero-order chi connectivity index (χ0) is 17.1. The van der Waals surface area contributed by atoms with Gasteiger partial charge in [0, 0.05) is 32.7 Å². The zero-order valence-corrected chi connectivity index (χ0v) is 13.9. The van der Waals surface area contributed by atoms with Crippen LogP contribution in [0.2, 0.25) is 0 Å². The Bertz CT molecular complexity index is 769. The first kappa shape index (κ1) is 16.4. The topological polar surface area (TPSA) is 61.5 Å². The van der Waals surface area contributed by atoms with Crippen LogP contribution in [0, 0.1) is 12.7 Å². The van der Waals surface area contributed by atoms with Crippen LogP contribution in [0.1, 0.15) is 11.1 Å². The van der Waals surface area contributed by atoms with Crippen LogP contribution in [0.3, 0.4) is 0 Å². The van der Waals surface area contributed by atoms with Crippen molar-refractivity contribution in [3.05, 3.63) is 51.7 Å². The average molecular weight is 332 g/mol. The minimum absolute atomic E-state index is 0.204. The number of ether oxygens (including phenoxy) is 1. The predicted octanol–water partition coefficient (Wildman–Crippen LogP) is 1.55. The molecule has 0 aliphatic carbocycles. The molecule has 1 aromatic carbocycles. The van der Waals surface area contributed by atoms with Crippen molar-refractivity contribution in [2.45, 2.75) is 13.5 Å². The van der Waals surface area contributed by atoms with Gasteiger partial charge in [-0.1, -0.05) is 6.07 Å². The highest BCUT2D eigenvalue weighted by Gasteiger charge is 2.22. The van der Waals surface area contributed by atoms with Crippen LogP contribution in [0.15, 0.2) is 29.2 Å². The van der Waals surface area contributed by atoms with Gasteiger partial charge in [-0.05, 0) is 30.2 Å². The highest BCUT2D eigenvalue weighted by molar-refractivity contribution is 5.55. The van der Waals surface area contributed by atoms with E-state index in [0.717, 1.165) is 43.9 Å². The SMILES string of the molecule is COc1cn[nH]c(=O)c1N1CCN(Cc2ccc(F)cc2C)CC1. The number of nitrogens with one attached hydrogen (secondary N) is 1. The van der Waals surface area contributed by atoms with Crippen LogP contribution in [-0.2, 0) is 6.54 Å². The van der Waals surface area contributed by atoms with E-state index in [4.69, 9.17) is 4.74 Å². The minimum Gasteiger partial charge on any atom is -0.493 e. The van der Waals surface area contributed by atoms with E-state index < -0.39 is 0 Å². The van der Waals surface area contributed by atoms with Crippen LogP contribution >= 0.6 is 0 Å². The monoisotopic (exact) mass is 332 g/mol. The molecule has 0 unspecified atom stereocenters. The molecule has 3 rings (SSSR count). The second kappa shape index (κ2) is 7.00. The van der Waals surface area contributed by atoms with Crippen molar-refractivity contribution in [3.63, 3.8) is 0 Å². The molecule has 7 heteroatoms. The highest BCUT2D eigenvalue weighted by Crippen LogP contribution is 2.23. The Kier molecular flexibility index (Phi) is 4.80. The standard InChI is InChI=1S/C17H21FN4O2/c1-12-9-14(18)4-3-13(12)11-21-5-7-22(8-6-21)16-15(24-2)10-19-20-17(16)23/h3-4,9-10H,5-8,11H2,1-2H3,(H,20,23). The summed E-state index contributed by atoms with van der Waals surface area (Å²) in [5.41, 5.74) is 2.39. The normalized spacial score (nSPS) is 15.5. The van der Waals surface area contributed by atoms with Crippen LogP contribution in [0.5, 0.6) is 5.75 Å². The molecule has 128 valence electrons.